The topological polar surface area (TPSA) is 81.8 Å². The molecule has 0 fully saturated rings. The van der Waals surface area contributed by atoms with E-state index in [1.165, 1.54) is 4.90 Å². The summed E-state index contributed by atoms with van der Waals surface area (Å²) < 4.78 is 0. The molecule has 0 unspecified atom stereocenters. The summed E-state index contributed by atoms with van der Waals surface area (Å²) in [6.45, 7) is 0.430. The van der Waals surface area contributed by atoms with Crippen LogP contribution in [0, 0.1) is 0 Å². The van der Waals surface area contributed by atoms with Crippen LogP contribution in [-0.4, -0.2) is 61.9 Å². The number of imide groups is 1. The van der Waals surface area contributed by atoms with Crippen LogP contribution in [0.3, 0.4) is 0 Å². The van der Waals surface area contributed by atoms with Crippen molar-refractivity contribution in [1.29, 1.82) is 0 Å². The third-order valence-electron chi connectivity index (χ3n) is 2.87. The van der Waals surface area contributed by atoms with E-state index in [0.29, 0.717) is 6.54 Å². The molecule has 0 atom stereocenters. The van der Waals surface area contributed by atoms with Crippen LogP contribution < -0.4 is 10.6 Å². The molecule has 0 spiro atoms. The minimum absolute atomic E-state index is 0.0294. The number of nitrogens with one attached hydrogen (secondary N) is 2. The molecule has 0 aliphatic rings. The molecule has 0 aromatic heterocycles. The quantitative estimate of drug-likeness (QED) is 0.777. The van der Waals surface area contributed by atoms with Crippen molar-refractivity contribution in [2.45, 2.75) is 6.54 Å². The van der Waals surface area contributed by atoms with Crippen molar-refractivity contribution in [2.24, 2.45) is 0 Å². The lowest BCUT2D eigenvalue weighted by molar-refractivity contribution is -0.130. The van der Waals surface area contributed by atoms with E-state index in [1.807, 2.05) is 30.3 Å². The summed E-state index contributed by atoms with van der Waals surface area (Å²) in [5.74, 6) is -0.566. The van der Waals surface area contributed by atoms with Crippen LogP contribution in [0.15, 0.2) is 30.3 Å². The maximum Gasteiger partial charge on any atom is 0.321 e. The first-order valence-corrected chi connectivity index (χ1v) is 6.88. The van der Waals surface area contributed by atoms with Gasteiger partial charge in [0.15, 0.2) is 0 Å². The SMILES string of the molecule is CN(CC(=O)NC(=O)NCc1ccccc1)CC(=O)N(C)C. The van der Waals surface area contributed by atoms with Crippen LogP contribution in [0.4, 0.5) is 4.79 Å². The lowest BCUT2D eigenvalue weighted by Gasteiger charge is -2.18. The number of rotatable bonds is 6. The van der Waals surface area contributed by atoms with E-state index in [2.05, 4.69) is 10.6 Å². The minimum atomic E-state index is -0.554. The van der Waals surface area contributed by atoms with Crippen molar-refractivity contribution >= 4 is 17.8 Å². The highest BCUT2D eigenvalue weighted by molar-refractivity contribution is 5.95. The number of hydrogen-bond donors (Lipinski definition) is 2. The molecular formula is C15H22N4O3. The van der Waals surface area contributed by atoms with E-state index >= 15 is 0 Å². The van der Waals surface area contributed by atoms with E-state index in [-0.39, 0.29) is 19.0 Å². The van der Waals surface area contributed by atoms with Crippen molar-refractivity contribution in [2.75, 3.05) is 34.2 Å². The van der Waals surface area contributed by atoms with Gasteiger partial charge in [0.05, 0.1) is 13.1 Å². The predicted octanol–water partition coefficient (Wildman–Crippen LogP) is 0.0324. The maximum absolute atomic E-state index is 11.7. The van der Waals surface area contributed by atoms with Gasteiger partial charge in [0, 0.05) is 20.6 Å². The molecule has 120 valence electrons. The fraction of sp³-hybridized carbons (Fsp3) is 0.400. The Labute approximate surface area is 130 Å². The predicted molar refractivity (Wildman–Crippen MR) is 83.0 cm³/mol. The van der Waals surface area contributed by atoms with Gasteiger partial charge >= 0.3 is 6.03 Å². The second-order valence-electron chi connectivity index (χ2n) is 5.18. The molecule has 1 aromatic rings. The molecular weight excluding hydrogens is 284 g/mol. The van der Waals surface area contributed by atoms with E-state index in [1.54, 1.807) is 26.0 Å². The van der Waals surface area contributed by atoms with Gasteiger partial charge in [0.1, 0.15) is 0 Å². The summed E-state index contributed by atoms with van der Waals surface area (Å²) >= 11 is 0. The van der Waals surface area contributed by atoms with Crippen LogP contribution in [-0.2, 0) is 16.1 Å². The van der Waals surface area contributed by atoms with Crippen molar-refractivity contribution < 1.29 is 14.4 Å². The molecule has 2 N–H and O–H groups in total. The molecule has 0 aliphatic carbocycles. The van der Waals surface area contributed by atoms with Crippen molar-refractivity contribution in [3.05, 3.63) is 35.9 Å². The maximum atomic E-state index is 11.7. The molecule has 0 aliphatic heterocycles. The van der Waals surface area contributed by atoms with Gasteiger partial charge in [0.25, 0.3) is 0 Å². The summed E-state index contributed by atoms with van der Waals surface area (Å²) in [6, 6.07) is 8.83. The zero-order valence-electron chi connectivity index (χ0n) is 13.1. The fourth-order valence-electron chi connectivity index (χ4n) is 1.66. The monoisotopic (exact) mass is 306 g/mol. The Morgan fingerprint density at radius 1 is 1.00 bits per heavy atom. The van der Waals surface area contributed by atoms with Gasteiger partial charge in [-0.25, -0.2) is 4.79 Å². The van der Waals surface area contributed by atoms with E-state index < -0.39 is 11.9 Å². The number of amides is 4. The van der Waals surface area contributed by atoms with Crippen molar-refractivity contribution in [3.63, 3.8) is 0 Å². The van der Waals surface area contributed by atoms with Crippen LogP contribution in [0.5, 0.6) is 0 Å². The average molecular weight is 306 g/mol. The smallest absolute Gasteiger partial charge is 0.321 e. The third kappa shape index (κ3) is 6.85. The van der Waals surface area contributed by atoms with Gasteiger partial charge in [-0.15, -0.1) is 0 Å². The van der Waals surface area contributed by atoms with Crippen LogP contribution in [0.25, 0.3) is 0 Å². The first kappa shape index (κ1) is 17.6. The molecule has 4 amide bonds. The molecule has 0 bridgehead atoms. The molecule has 7 nitrogen and oxygen atoms in total. The normalized spacial score (nSPS) is 10.2. The Kier molecular flexibility index (Phi) is 7.04. The summed E-state index contributed by atoms with van der Waals surface area (Å²) in [5, 5.41) is 4.83. The van der Waals surface area contributed by atoms with Gasteiger partial charge in [-0.05, 0) is 12.6 Å². The number of likely N-dealkylation sites (N-methyl/N-ethyl adjacent to an activating group) is 2. The molecule has 0 heterocycles. The van der Waals surface area contributed by atoms with Crippen LogP contribution >= 0.6 is 0 Å². The lowest BCUT2D eigenvalue weighted by atomic mass is 10.2. The first-order chi connectivity index (χ1) is 10.4. The van der Waals surface area contributed by atoms with Gasteiger partial charge in [-0.3, -0.25) is 19.8 Å². The van der Waals surface area contributed by atoms with E-state index in [4.69, 9.17) is 0 Å². The Hall–Kier alpha value is -2.41. The molecule has 0 saturated heterocycles. The number of benzene rings is 1. The first-order valence-electron chi connectivity index (χ1n) is 6.88. The number of urea groups is 1. The van der Waals surface area contributed by atoms with E-state index in [9.17, 15) is 14.4 Å². The fourth-order valence-corrected chi connectivity index (χ4v) is 1.66. The Bertz CT molecular complexity index is 517. The summed E-state index contributed by atoms with van der Waals surface area (Å²) in [4.78, 5) is 37.8. The molecule has 1 aromatic carbocycles. The summed E-state index contributed by atoms with van der Waals surface area (Å²) in [5.41, 5.74) is 0.943. The minimum Gasteiger partial charge on any atom is -0.348 e. The van der Waals surface area contributed by atoms with Gasteiger partial charge < -0.3 is 10.2 Å². The highest BCUT2D eigenvalue weighted by atomic mass is 16.2. The van der Waals surface area contributed by atoms with E-state index in [0.717, 1.165) is 5.56 Å². The Morgan fingerprint density at radius 2 is 1.64 bits per heavy atom. The second-order valence-corrected chi connectivity index (χ2v) is 5.18. The summed E-state index contributed by atoms with van der Waals surface area (Å²) in [6.07, 6.45) is 0. The average Bonchev–Trinajstić information content (AvgIpc) is 2.45. The second kappa shape index (κ2) is 8.78. The van der Waals surface area contributed by atoms with Gasteiger partial charge in [-0.2, -0.15) is 0 Å². The van der Waals surface area contributed by atoms with Crippen molar-refractivity contribution in [3.8, 4) is 0 Å². The zero-order chi connectivity index (χ0) is 16.5. The number of hydrogen-bond acceptors (Lipinski definition) is 4. The number of nitrogens with zero attached hydrogens (tertiary/aromatic N) is 2. The van der Waals surface area contributed by atoms with Crippen molar-refractivity contribution in [1.82, 2.24) is 20.4 Å². The highest BCUT2D eigenvalue weighted by Gasteiger charge is 2.13. The van der Waals surface area contributed by atoms with Gasteiger partial charge in [0.2, 0.25) is 11.8 Å². The number of carbonyl (C=O) groups is 3. The summed E-state index contributed by atoms with van der Waals surface area (Å²) in [7, 11) is 4.93. The van der Waals surface area contributed by atoms with Crippen LogP contribution in [0.2, 0.25) is 0 Å². The Morgan fingerprint density at radius 3 is 2.23 bits per heavy atom. The molecule has 1 rings (SSSR count). The standard InChI is InChI=1S/C15H22N4O3/c1-18(2)14(21)11-19(3)10-13(20)17-15(22)16-9-12-7-5-4-6-8-12/h4-8H,9-11H2,1-3H3,(H2,16,17,20,22). The highest BCUT2D eigenvalue weighted by Crippen LogP contribution is 1.96. The zero-order valence-corrected chi connectivity index (χ0v) is 13.1. The van der Waals surface area contributed by atoms with Crippen LogP contribution in [0.1, 0.15) is 5.56 Å². The molecule has 0 saturated carbocycles. The lowest BCUT2D eigenvalue weighted by Crippen LogP contribution is -2.45. The molecule has 7 heteroatoms. The third-order valence-corrected chi connectivity index (χ3v) is 2.87. The number of carbonyl (C=O) groups excluding carboxylic acids is 3. The molecule has 22 heavy (non-hydrogen) atoms. The largest absolute Gasteiger partial charge is 0.348 e. The molecule has 0 radical (unpaired) electrons. The van der Waals surface area contributed by atoms with Gasteiger partial charge in [-0.1, -0.05) is 30.3 Å². The Balaban J connectivity index is 2.29.